The molecule has 0 aliphatic rings. The van der Waals surface area contributed by atoms with E-state index in [1.54, 1.807) is 22.9 Å². The molecule has 1 amide bonds. The van der Waals surface area contributed by atoms with Gasteiger partial charge >= 0.3 is 0 Å². The van der Waals surface area contributed by atoms with Gasteiger partial charge in [-0.2, -0.15) is 0 Å². The molecule has 0 aliphatic heterocycles. The van der Waals surface area contributed by atoms with Gasteiger partial charge in [0, 0.05) is 29.7 Å². The van der Waals surface area contributed by atoms with E-state index in [1.807, 2.05) is 57.2 Å². The number of benzene rings is 1. The summed E-state index contributed by atoms with van der Waals surface area (Å²) in [4.78, 5) is 30.1. The average molecular weight is 431 g/mol. The molecule has 0 spiro atoms. The number of carbonyl (C=O) groups is 1. The van der Waals surface area contributed by atoms with Gasteiger partial charge in [-0.3, -0.25) is 9.59 Å². The molecule has 32 heavy (non-hydrogen) atoms. The van der Waals surface area contributed by atoms with E-state index in [-0.39, 0.29) is 17.0 Å². The number of amides is 1. The molecule has 0 saturated heterocycles. The second-order valence-electron chi connectivity index (χ2n) is 7.73. The summed E-state index contributed by atoms with van der Waals surface area (Å²) in [6.07, 6.45) is 8.23. The molecule has 3 rings (SSSR count). The summed E-state index contributed by atoms with van der Waals surface area (Å²) in [6.45, 7) is 9.39. The number of pyridine rings is 2. The van der Waals surface area contributed by atoms with Crippen molar-refractivity contribution in [3.8, 4) is 5.69 Å². The summed E-state index contributed by atoms with van der Waals surface area (Å²) in [7, 11) is 0. The van der Waals surface area contributed by atoms with E-state index in [4.69, 9.17) is 0 Å². The summed E-state index contributed by atoms with van der Waals surface area (Å²) in [5.41, 5.74) is 3.90. The topological polar surface area (TPSA) is 104 Å². The number of hydrogen-bond donors (Lipinski definition) is 2. The Labute approximate surface area is 186 Å². The summed E-state index contributed by atoms with van der Waals surface area (Å²) in [5.74, 6) is -0.438. The molecule has 7 heteroatoms. The van der Waals surface area contributed by atoms with Crippen molar-refractivity contribution in [2.24, 2.45) is 0 Å². The summed E-state index contributed by atoms with van der Waals surface area (Å²) < 4.78 is 1.72. The molecule has 0 aliphatic carbocycles. The zero-order valence-electron chi connectivity index (χ0n) is 18.3. The van der Waals surface area contributed by atoms with Gasteiger partial charge in [0.2, 0.25) is 5.43 Å². The molecule has 2 heterocycles. The van der Waals surface area contributed by atoms with Crippen LogP contribution in [-0.4, -0.2) is 21.5 Å². The maximum Gasteiger partial charge on any atom is 0.256 e. The maximum absolute atomic E-state index is 13.0. The number of nitrogens with one attached hydrogen (secondary N) is 1. The van der Waals surface area contributed by atoms with Crippen LogP contribution in [0.2, 0.25) is 0 Å². The fourth-order valence-electron chi connectivity index (χ4n) is 3.25. The van der Waals surface area contributed by atoms with Crippen molar-refractivity contribution in [1.29, 1.82) is 0 Å². The van der Waals surface area contributed by atoms with Gasteiger partial charge in [0.15, 0.2) is 0 Å². The molecule has 0 atom stereocenters. The molecule has 3 N–H and O–H groups in total. The Hall–Kier alpha value is -3.81. The van der Waals surface area contributed by atoms with Crippen LogP contribution in [0.25, 0.3) is 22.3 Å². The van der Waals surface area contributed by atoms with Gasteiger partial charge in [-0.25, -0.2) is 4.98 Å². The average Bonchev–Trinajstić information content (AvgIpc) is 2.76. The highest BCUT2D eigenvalue weighted by Gasteiger charge is 2.17. The molecule has 0 radical (unpaired) electrons. The number of hydrogen-bond acceptors (Lipinski definition) is 4. The first-order valence-electron chi connectivity index (χ1n) is 10.2. The van der Waals surface area contributed by atoms with Crippen molar-refractivity contribution < 1.29 is 10.3 Å². The summed E-state index contributed by atoms with van der Waals surface area (Å²) in [5, 5.41) is 14.3. The van der Waals surface area contributed by atoms with Crippen molar-refractivity contribution in [3.63, 3.8) is 0 Å². The van der Waals surface area contributed by atoms with Gasteiger partial charge in [0.25, 0.3) is 5.91 Å². The van der Waals surface area contributed by atoms with Gasteiger partial charge in [-0.1, -0.05) is 30.4 Å². The molecule has 164 valence electrons. The first-order chi connectivity index (χ1) is 15.3. The van der Waals surface area contributed by atoms with Crippen LogP contribution in [0, 0.1) is 5.21 Å². The quantitative estimate of drug-likeness (QED) is 0.444. The molecule has 0 unspecified atom stereocenters. The minimum Gasteiger partial charge on any atom is -0.631 e. The molecule has 7 nitrogen and oxygen atoms in total. The van der Waals surface area contributed by atoms with Gasteiger partial charge in [-0.05, 0) is 56.7 Å². The van der Waals surface area contributed by atoms with Gasteiger partial charge in [0.05, 0.1) is 5.39 Å². The van der Waals surface area contributed by atoms with Crippen LogP contribution in [0.4, 0.5) is 0 Å². The third-order valence-corrected chi connectivity index (χ3v) is 4.68. The Morgan fingerprint density at radius 3 is 2.72 bits per heavy atom. The summed E-state index contributed by atoms with van der Waals surface area (Å²) >= 11 is 0. The van der Waals surface area contributed by atoms with E-state index in [1.165, 1.54) is 12.4 Å². The number of allylic oxidation sites excluding steroid dienone is 4. The van der Waals surface area contributed by atoms with Crippen molar-refractivity contribution in [2.75, 3.05) is 0 Å². The van der Waals surface area contributed by atoms with Crippen LogP contribution in [0.3, 0.4) is 0 Å². The lowest BCUT2D eigenvalue weighted by Gasteiger charge is -2.15. The van der Waals surface area contributed by atoms with Crippen LogP contribution >= 0.6 is 0 Å². The fourth-order valence-corrected chi connectivity index (χ4v) is 3.25. The standard InChI is InChI=1S/C25H26N4O3/c1-16(2)10-11-19(14-27-32)18-7-5-8-20(13-18)29-15-22(25(31)28-17(3)4)23(30)21-9-6-12-26-24(21)29/h5-15,17H,1,27H2,2-4H3,(H,28,31)/b11-10-,19-14+. The molecular weight excluding hydrogens is 404 g/mol. The SMILES string of the molecule is C=C(C)/C=C\C(=C/[NH2+][O-])c1cccc(-n2cc(C(=O)NC(C)C)c(=O)c3cccnc32)c1. The second kappa shape index (κ2) is 10.00. The predicted octanol–water partition coefficient (Wildman–Crippen LogP) is 3.06. The highest BCUT2D eigenvalue weighted by molar-refractivity contribution is 5.97. The van der Waals surface area contributed by atoms with Crippen LogP contribution in [0.5, 0.6) is 0 Å². The highest BCUT2D eigenvalue weighted by atomic mass is 16.5. The number of rotatable bonds is 7. The zero-order chi connectivity index (χ0) is 23.3. The van der Waals surface area contributed by atoms with E-state index >= 15 is 0 Å². The molecule has 0 bridgehead atoms. The lowest BCUT2D eigenvalue weighted by Crippen LogP contribution is -2.70. The second-order valence-corrected chi connectivity index (χ2v) is 7.73. The number of nitrogens with two attached hydrogens (primary N) is 1. The number of hydroxylamine groups is 1. The molecule has 3 aromatic rings. The van der Waals surface area contributed by atoms with Crippen LogP contribution in [0.1, 0.15) is 36.7 Å². The van der Waals surface area contributed by atoms with Crippen LogP contribution < -0.4 is 16.2 Å². The van der Waals surface area contributed by atoms with Gasteiger partial charge in [0.1, 0.15) is 17.4 Å². The van der Waals surface area contributed by atoms with E-state index < -0.39 is 5.91 Å². The number of aromatic nitrogens is 2. The Kier molecular flexibility index (Phi) is 7.14. The van der Waals surface area contributed by atoms with Crippen LogP contribution in [-0.2, 0) is 0 Å². The maximum atomic E-state index is 13.0. The number of fused-ring (bicyclic) bond motifs is 1. The molecule has 2 aromatic heterocycles. The Morgan fingerprint density at radius 2 is 2.03 bits per heavy atom. The van der Waals surface area contributed by atoms with Gasteiger partial charge in [-0.15, -0.1) is 0 Å². The van der Waals surface area contributed by atoms with Crippen molar-refractivity contribution in [1.82, 2.24) is 14.9 Å². The predicted molar refractivity (Wildman–Crippen MR) is 127 cm³/mol. The molecule has 1 aromatic carbocycles. The zero-order valence-corrected chi connectivity index (χ0v) is 18.3. The largest absolute Gasteiger partial charge is 0.631 e. The van der Waals surface area contributed by atoms with Crippen LogP contribution in [0.15, 0.2) is 84.1 Å². The van der Waals surface area contributed by atoms with E-state index in [2.05, 4.69) is 16.9 Å². The first-order valence-corrected chi connectivity index (χ1v) is 10.2. The minimum atomic E-state index is -0.438. The lowest BCUT2D eigenvalue weighted by molar-refractivity contribution is -0.513. The smallest absolute Gasteiger partial charge is 0.256 e. The van der Waals surface area contributed by atoms with E-state index in [0.29, 0.717) is 22.3 Å². The minimum absolute atomic E-state index is 0.0374. The van der Waals surface area contributed by atoms with Crippen molar-refractivity contribution in [2.45, 2.75) is 26.8 Å². The number of nitrogens with zero attached hydrogens (tertiary/aromatic N) is 2. The van der Waals surface area contributed by atoms with E-state index in [0.717, 1.165) is 16.6 Å². The molecule has 0 fully saturated rings. The molecular formula is C25H26N4O3. The highest BCUT2D eigenvalue weighted by Crippen LogP contribution is 2.22. The lowest BCUT2D eigenvalue weighted by atomic mass is 10.0. The van der Waals surface area contributed by atoms with Crippen molar-refractivity contribution >= 4 is 22.5 Å². The number of carbonyl (C=O) groups excluding carboxylic acids is 1. The Balaban J connectivity index is 2.22. The normalized spacial score (nSPS) is 12.0. The Bertz CT molecular complexity index is 1290. The van der Waals surface area contributed by atoms with E-state index in [9.17, 15) is 14.8 Å². The van der Waals surface area contributed by atoms with Crippen molar-refractivity contribution in [3.05, 3.63) is 106 Å². The molecule has 0 saturated carbocycles. The third kappa shape index (κ3) is 5.08. The summed E-state index contributed by atoms with van der Waals surface area (Å²) in [6, 6.07) is 10.7. The third-order valence-electron chi connectivity index (χ3n) is 4.68. The Morgan fingerprint density at radius 1 is 1.25 bits per heavy atom. The van der Waals surface area contributed by atoms with Gasteiger partial charge < -0.3 is 20.6 Å². The number of quaternary nitrogens is 1. The fraction of sp³-hybridized carbons (Fsp3) is 0.160. The first kappa shape index (κ1) is 22.9. The monoisotopic (exact) mass is 430 g/mol.